The van der Waals surface area contributed by atoms with Crippen molar-refractivity contribution in [3.63, 3.8) is 0 Å². The molecule has 6 atom stereocenters. The second-order valence-corrected chi connectivity index (χ2v) is 9.40. The number of allylic oxidation sites excluding steroid dienone is 2. The van der Waals surface area contributed by atoms with Gasteiger partial charge >= 0.3 is 0 Å². The number of rotatable bonds is 1. The fourth-order valence-corrected chi connectivity index (χ4v) is 7.41. The zero-order valence-corrected chi connectivity index (χ0v) is 14.8. The van der Waals surface area contributed by atoms with Crippen LogP contribution in [0.15, 0.2) is 10.6 Å². The number of aldehydes is 1. The highest BCUT2D eigenvalue weighted by molar-refractivity contribution is 6.32. The molecule has 0 amide bonds. The average Bonchev–Trinajstić information content (AvgIpc) is 2.78. The van der Waals surface area contributed by atoms with Gasteiger partial charge in [0.05, 0.1) is 0 Å². The molecule has 0 aliphatic heterocycles. The summed E-state index contributed by atoms with van der Waals surface area (Å²) in [6, 6.07) is 0. The summed E-state index contributed by atoms with van der Waals surface area (Å²) in [6.45, 7) is 4.93. The van der Waals surface area contributed by atoms with Crippen molar-refractivity contribution in [2.45, 2.75) is 71.6 Å². The van der Waals surface area contributed by atoms with E-state index >= 15 is 0 Å². The van der Waals surface area contributed by atoms with E-state index in [0.29, 0.717) is 11.3 Å². The Balaban J connectivity index is 1.67. The Morgan fingerprint density at radius 2 is 1.86 bits per heavy atom. The van der Waals surface area contributed by atoms with Gasteiger partial charge in [0.25, 0.3) is 0 Å². The molecule has 0 N–H and O–H groups in total. The van der Waals surface area contributed by atoms with E-state index in [4.69, 9.17) is 11.6 Å². The molecule has 3 saturated carbocycles. The highest BCUT2D eigenvalue weighted by Gasteiger charge is 2.58. The first-order valence-electron chi connectivity index (χ1n) is 9.35. The number of halogens is 1. The van der Waals surface area contributed by atoms with Crippen LogP contribution in [0.3, 0.4) is 0 Å². The topological polar surface area (TPSA) is 17.1 Å². The second kappa shape index (κ2) is 5.10. The number of carbonyl (C=O) groups excluding carboxylic acids is 1. The maximum absolute atomic E-state index is 11.4. The first kappa shape index (κ1) is 15.2. The molecule has 4 aliphatic rings. The van der Waals surface area contributed by atoms with Crippen molar-refractivity contribution < 1.29 is 4.79 Å². The van der Waals surface area contributed by atoms with Crippen LogP contribution in [0.2, 0.25) is 0 Å². The standard InChI is InChI=1S/C20H29ClO/c1-19-9-4-3-5-14(19)6-7-15-16(19)8-10-20(2)17(15)11-13(12-22)18(20)21/h12,14-17H,3-11H2,1-2H3/t14-,15-,16?,17+,19+,20+/m1/s1. The van der Waals surface area contributed by atoms with Gasteiger partial charge in [-0.3, -0.25) is 4.79 Å². The maximum Gasteiger partial charge on any atom is 0.147 e. The Morgan fingerprint density at radius 1 is 1.05 bits per heavy atom. The Bertz CT molecular complexity index is 524. The Morgan fingerprint density at radius 3 is 2.64 bits per heavy atom. The zero-order valence-electron chi connectivity index (χ0n) is 14.0. The fourth-order valence-electron chi connectivity index (χ4n) is 7.06. The molecule has 0 aromatic heterocycles. The largest absolute Gasteiger partial charge is 0.298 e. The van der Waals surface area contributed by atoms with E-state index in [0.717, 1.165) is 41.1 Å². The highest BCUT2D eigenvalue weighted by Crippen LogP contribution is 2.67. The van der Waals surface area contributed by atoms with Crippen LogP contribution in [0.25, 0.3) is 0 Å². The van der Waals surface area contributed by atoms with Crippen LogP contribution in [0.1, 0.15) is 71.6 Å². The summed E-state index contributed by atoms with van der Waals surface area (Å²) in [7, 11) is 0. The molecule has 22 heavy (non-hydrogen) atoms. The molecule has 0 saturated heterocycles. The van der Waals surface area contributed by atoms with Crippen molar-refractivity contribution >= 4 is 17.9 Å². The van der Waals surface area contributed by atoms with Crippen LogP contribution >= 0.6 is 11.6 Å². The van der Waals surface area contributed by atoms with Gasteiger partial charge in [-0.1, -0.05) is 38.3 Å². The van der Waals surface area contributed by atoms with Gasteiger partial charge in [-0.15, -0.1) is 0 Å². The Hall–Kier alpha value is -0.300. The van der Waals surface area contributed by atoms with Crippen molar-refractivity contribution in [2.75, 3.05) is 0 Å². The molecular weight excluding hydrogens is 292 g/mol. The Kier molecular flexibility index (Phi) is 3.53. The van der Waals surface area contributed by atoms with E-state index in [1.807, 2.05) is 0 Å². The molecule has 0 spiro atoms. The SMILES string of the molecule is C[C@]12CCC3[C@@H](CC[C@H]4CCCC[C@]34C)[C@@H]1CC(C=O)=C2Cl. The van der Waals surface area contributed by atoms with Crippen LogP contribution in [-0.2, 0) is 4.79 Å². The van der Waals surface area contributed by atoms with Gasteiger partial charge in [0, 0.05) is 16.0 Å². The number of hydrogen-bond acceptors (Lipinski definition) is 1. The molecule has 0 aromatic carbocycles. The molecule has 3 fully saturated rings. The third-order valence-electron chi connectivity index (χ3n) is 8.34. The number of fused-ring (bicyclic) bond motifs is 5. The highest BCUT2D eigenvalue weighted by atomic mass is 35.5. The molecule has 0 radical (unpaired) electrons. The first-order valence-corrected chi connectivity index (χ1v) is 9.73. The van der Waals surface area contributed by atoms with Gasteiger partial charge in [0.2, 0.25) is 0 Å². The fraction of sp³-hybridized carbons (Fsp3) is 0.850. The van der Waals surface area contributed by atoms with Crippen molar-refractivity contribution in [3.05, 3.63) is 10.6 Å². The first-order chi connectivity index (χ1) is 10.5. The molecule has 0 heterocycles. The number of hydrogen-bond donors (Lipinski definition) is 0. The molecule has 2 heteroatoms. The summed E-state index contributed by atoms with van der Waals surface area (Å²) in [4.78, 5) is 11.4. The molecular formula is C20H29ClO. The van der Waals surface area contributed by atoms with E-state index in [1.54, 1.807) is 0 Å². The Labute approximate surface area is 139 Å². The van der Waals surface area contributed by atoms with Gasteiger partial charge in [0.1, 0.15) is 6.29 Å². The van der Waals surface area contributed by atoms with Gasteiger partial charge in [-0.05, 0) is 74.0 Å². The summed E-state index contributed by atoms with van der Waals surface area (Å²) in [5.41, 5.74) is 1.57. The van der Waals surface area contributed by atoms with Crippen LogP contribution in [-0.4, -0.2) is 6.29 Å². The minimum absolute atomic E-state index is 0.0941. The third kappa shape index (κ3) is 1.87. The van der Waals surface area contributed by atoms with Crippen LogP contribution in [0.4, 0.5) is 0 Å². The van der Waals surface area contributed by atoms with E-state index in [9.17, 15) is 4.79 Å². The zero-order chi connectivity index (χ0) is 15.5. The summed E-state index contributed by atoms with van der Waals surface area (Å²) in [5.74, 6) is 3.25. The van der Waals surface area contributed by atoms with Crippen LogP contribution < -0.4 is 0 Å². The lowest BCUT2D eigenvalue weighted by molar-refractivity contribution is -0.105. The van der Waals surface area contributed by atoms with Gasteiger partial charge < -0.3 is 0 Å². The summed E-state index contributed by atoms with van der Waals surface area (Å²) in [5, 5.41) is 0.905. The van der Waals surface area contributed by atoms with Crippen molar-refractivity contribution in [3.8, 4) is 0 Å². The lowest BCUT2D eigenvalue weighted by atomic mass is 9.45. The summed E-state index contributed by atoms with van der Waals surface area (Å²) in [6.07, 6.45) is 13.1. The van der Waals surface area contributed by atoms with E-state index in [2.05, 4.69) is 13.8 Å². The predicted octanol–water partition coefficient (Wildman–Crippen LogP) is 5.72. The minimum Gasteiger partial charge on any atom is -0.298 e. The molecule has 0 aromatic rings. The smallest absolute Gasteiger partial charge is 0.147 e. The summed E-state index contributed by atoms with van der Waals surface area (Å²) < 4.78 is 0. The van der Waals surface area contributed by atoms with Gasteiger partial charge in [0.15, 0.2) is 0 Å². The lowest BCUT2D eigenvalue weighted by Gasteiger charge is -2.60. The van der Waals surface area contributed by atoms with Crippen LogP contribution in [0.5, 0.6) is 0 Å². The molecule has 122 valence electrons. The second-order valence-electron chi connectivity index (χ2n) is 9.02. The maximum atomic E-state index is 11.4. The summed E-state index contributed by atoms with van der Waals surface area (Å²) >= 11 is 6.64. The van der Waals surface area contributed by atoms with Crippen molar-refractivity contribution in [1.29, 1.82) is 0 Å². The third-order valence-corrected chi connectivity index (χ3v) is 9.01. The average molecular weight is 321 g/mol. The lowest BCUT2D eigenvalue weighted by Crippen LogP contribution is -2.52. The minimum atomic E-state index is 0.0941. The predicted molar refractivity (Wildman–Crippen MR) is 90.7 cm³/mol. The number of carbonyl (C=O) groups is 1. The van der Waals surface area contributed by atoms with Crippen molar-refractivity contribution in [2.24, 2.45) is 34.5 Å². The van der Waals surface area contributed by atoms with Crippen LogP contribution in [0, 0.1) is 34.5 Å². The molecule has 1 unspecified atom stereocenters. The van der Waals surface area contributed by atoms with Gasteiger partial charge in [-0.2, -0.15) is 0 Å². The molecule has 4 rings (SSSR count). The monoisotopic (exact) mass is 320 g/mol. The molecule has 1 nitrogen and oxygen atoms in total. The van der Waals surface area contributed by atoms with Crippen molar-refractivity contribution in [1.82, 2.24) is 0 Å². The quantitative estimate of drug-likeness (QED) is 0.565. The normalized spacial score (nSPS) is 51.0. The van der Waals surface area contributed by atoms with E-state index < -0.39 is 0 Å². The molecule has 0 bridgehead atoms. The van der Waals surface area contributed by atoms with E-state index in [1.165, 1.54) is 51.4 Å². The molecule has 4 aliphatic carbocycles. The van der Waals surface area contributed by atoms with Gasteiger partial charge in [-0.25, -0.2) is 0 Å². The van der Waals surface area contributed by atoms with E-state index in [-0.39, 0.29) is 5.41 Å².